The van der Waals surface area contributed by atoms with E-state index in [0.717, 1.165) is 11.1 Å². The molecule has 0 saturated carbocycles. The third-order valence-corrected chi connectivity index (χ3v) is 2.25. The molecule has 0 aliphatic heterocycles. The summed E-state index contributed by atoms with van der Waals surface area (Å²) in [6.45, 7) is 1.93. The summed E-state index contributed by atoms with van der Waals surface area (Å²) in [4.78, 5) is 0. The maximum absolute atomic E-state index is 5.85. The van der Waals surface area contributed by atoms with E-state index in [1.54, 1.807) is 6.07 Å². The van der Waals surface area contributed by atoms with Crippen LogP contribution in [-0.2, 0) is 0 Å². The number of nitrogens with zero attached hydrogens (tertiary/aromatic N) is 3. The van der Waals surface area contributed by atoms with Crippen molar-refractivity contribution in [2.24, 2.45) is 0 Å². The Morgan fingerprint density at radius 2 is 1.93 bits per heavy atom. The van der Waals surface area contributed by atoms with Crippen LogP contribution in [0.3, 0.4) is 0 Å². The summed E-state index contributed by atoms with van der Waals surface area (Å²) in [5.41, 5.74) is 13.7. The van der Waals surface area contributed by atoms with Crippen molar-refractivity contribution in [3.8, 4) is 11.4 Å². The fourth-order valence-electron chi connectivity index (χ4n) is 1.47. The van der Waals surface area contributed by atoms with Gasteiger partial charge >= 0.3 is 0 Å². The van der Waals surface area contributed by atoms with Crippen molar-refractivity contribution >= 4 is 11.6 Å². The number of rotatable bonds is 1. The minimum absolute atomic E-state index is 0.160. The van der Waals surface area contributed by atoms with Crippen LogP contribution in [-0.4, -0.2) is 14.9 Å². The maximum Gasteiger partial charge on any atom is 0.241 e. The van der Waals surface area contributed by atoms with Crippen molar-refractivity contribution in [1.82, 2.24) is 14.9 Å². The molecule has 6 nitrogen and oxygen atoms in total. The van der Waals surface area contributed by atoms with Gasteiger partial charge in [0.1, 0.15) is 0 Å². The Morgan fingerprint density at radius 1 is 1.20 bits per heavy atom. The summed E-state index contributed by atoms with van der Waals surface area (Å²) in [6, 6.07) is 5.58. The molecule has 6 heteroatoms. The Morgan fingerprint density at radius 3 is 2.47 bits per heavy atom. The Hall–Kier alpha value is -2.24. The highest BCUT2D eigenvalue weighted by molar-refractivity contribution is 5.75. The minimum Gasteiger partial charge on any atom is -0.398 e. The van der Waals surface area contributed by atoms with E-state index in [4.69, 9.17) is 17.3 Å². The second kappa shape index (κ2) is 3.16. The second-order valence-corrected chi connectivity index (χ2v) is 3.29. The average Bonchev–Trinajstić information content (AvgIpc) is 2.49. The topological polar surface area (TPSA) is 109 Å². The molecule has 0 amide bonds. The van der Waals surface area contributed by atoms with Gasteiger partial charge in [-0.2, -0.15) is 0 Å². The van der Waals surface area contributed by atoms with Crippen molar-refractivity contribution in [3.05, 3.63) is 23.8 Å². The number of hydrogen-bond donors (Lipinski definition) is 3. The molecule has 1 aromatic carbocycles. The molecular weight excluding hydrogens is 192 g/mol. The summed E-state index contributed by atoms with van der Waals surface area (Å²) in [5, 5.41) is 7.58. The van der Waals surface area contributed by atoms with Crippen molar-refractivity contribution in [3.63, 3.8) is 0 Å². The van der Waals surface area contributed by atoms with Crippen LogP contribution in [0, 0.1) is 6.92 Å². The molecule has 0 saturated heterocycles. The Kier molecular flexibility index (Phi) is 1.96. The quantitative estimate of drug-likeness (QED) is 0.452. The maximum atomic E-state index is 5.85. The van der Waals surface area contributed by atoms with Gasteiger partial charge in [-0.05, 0) is 18.6 Å². The van der Waals surface area contributed by atoms with E-state index in [1.807, 2.05) is 19.1 Å². The van der Waals surface area contributed by atoms with Gasteiger partial charge < -0.3 is 17.3 Å². The van der Waals surface area contributed by atoms with Crippen LogP contribution in [0.15, 0.2) is 18.2 Å². The monoisotopic (exact) mass is 204 g/mol. The molecule has 0 atom stereocenters. The van der Waals surface area contributed by atoms with Crippen LogP contribution < -0.4 is 17.3 Å². The molecule has 0 bridgehead atoms. The minimum atomic E-state index is 0.160. The van der Waals surface area contributed by atoms with Crippen LogP contribution >= 0.6 is 0 Å². The molecule has 0 fully saturated rings. The summed E-state index contributed by atoms with van der Waals surface area (Å²) in [7, 11) is 0. The molecule has 2 rings (SSSR count). The van der Waals surface area contributed by atoms with Crippen molar-refractivity contribution in [2.75, 3.05) is 17.3 Å². The van der Waals surface area contributed by atoms with Crippen LogP contribution in [0.4, 0.5) is 11.6 Å². The Balaban J connectivity index is 2.69. The van der Waals surface area contributed by atoms with Crippen molar-refractivity contribution in [1.29, 1.82) is 0 Å². The van der Waals surface area contributed by atoms with E-state index in [0.29, 0.717) is 11.5 Å². The molecule has 0 spiro atoms. The zero-order valence-corrected chi connectivity index (χ0v) is 8.31. The number of aryl methyl sites for hydroxylation is 1. The molecule has 0 radical (unpaired) electrons. The van der Waals surface area contributed by atoms with Gasteiger partial charge in [-0.3, -0.25) is 0 Å². The largest absolute Gasteiger partial charge is 0.398 e. The first kappa shape index (κ1) is 9.32. The molecular formula is C9H12N6. The first-order chi connectivity index (χ1) is 7.11. The van der Waals surface area contributed by atoms with E-state index in [1.165, 1.54) is 4.68 Å². The first-order valence-corrected chi connectivity index (χ1v) is 4.42. The van der Waals surface area contributed by atoms with E-state index >= 15 is 0 Å². The highest BCUT2D eigenvalue weighted by atomic mass is 15.4. The van der Waals surface area contributed by atoms with Gasteiger partial charge in [0.05, 0.1) is 0 Å². The SMILES string of the molecule is Cc1cccc(N)c1-c1nnc(N)n1N. The van der Waals surface area contributed by atoms with Gasteiger partial charge in [0.25, 0.3) is 0 Å². The van der Waals surface area contributed by atoms with E-state index in [-0.39, 0.29) is 5.95 Å². The van der Waals surface area contributed by atoms with Crippen LogP contribution in [0.2, 0.25) is 0 Å². The third-order valence-electron chi connectivity index (χ3n) is 2.25. The number of hydrogen-bond acceptors (Lipinski definition) is 5. The highest BCUT2D eigenvalue weighted by Gasteiger charge is 2.13. The van der Waals surface area contributed by atoms with Crippen LogP contribution in [0.5, 0.6) is 0 Å². The molecule has 15 heavy (non-hydrogen) atoms. The van der Waals surface area contributed by atoms with Crippen molar-refractivity contribution in [2.45, 2.75) is 6.92 Å². The summed E-state index contributed by atoms with van der Waals surface area (Å²) >= 11 is 0. The number of nitrogen functional groups attached to an aromatic ring is 3. The standard InChI is InChI=1S/C9H12N6/c1-5-3-2-4-6(10)7(5)8-13-14-9(11)15(8)12/h2-4H,10,12H2,1H3,(H2,11,14). The van der Waals surface area contributed by atoms with Gasteiger partial charge in [-0.15, -0.1) is 10.2 Å². The van der Waals surface area contributed by atoms with E-state index < -0.39 is 0 Å². The van der Waals surface area contributed by atoms with Gasteiger partial charge in [-0.1, -0.05) is 12.1 Å². The average molecular weight is 204 g/mol. The second-order valence-electron chi connectivity index (χ2n) is 3.29. The predicted octanol–water partition coefficient (Wildman–Crippen LogP) is 0.132. The number of nitrogens with two attached hydrogens (primary N) is 3. The van der Waals surface area contributed by atoms with Gasteiger partial charge in [0.15, 0.2) is 5.82 Å². The summed E-state index contributed by atoms with van der Waals surface area (Å²) in [5.74, 6) is 6.32. The van der Waals surface area contributed by atoms with Gasteiger partial charge in [0.2, 0.25) is 5.95 Å². The van der Waals surface area contributed by atoms with E-state index in [2.05, 4.69) is 10.2 Å². The number of aromatic nitrogens is 3. The first-order valence-electron chi connectivity index (χ1n) is 4.42. The molecule has 1 aromatic heterocycles. The fraction of sp³-hybridized carbons (Fsp3) is 0.111. The highest BCUT2D eigenvalue weighted by Crippen LogP contribution is 2.27. The molecule has 0 aliphatic carbocycles. The number of anilines is 2. The smallest absolute Gasteiger partial charge is 0.241 e. The van der Waals surface area contributed by atoms with Crippen LogP contribution in [0.25, 0.3) is 11.4 Å². The van der Waals surface area contributed by atoms with Gasteiger partial charge in [-0.25, -0.2) is 4.68 Å². The molecule has 0 unspecified atom stereocenters. The molecule has 0 aliphatic rings. The lowest BCUT2D eigenvalue weighted by atomic mass is 10.1. The number of benzene rings is 1. The zero-order chi connectivity index (χ0) is 11.0. The summed E-state index contributed by atoms with van der Waals surface area (Å²) < 4.78 is 1.22. The molecule has 2 aromatic rings. The molecule has 1 heterocycles. The summed E-state index contributed by atoms with van der Waals surface area (Å²) in [6.07, 6.45) is 0. The van der Waals surface area contributed by atoms with Gasteiger partial charge in [0, 0.05) is 11.3 Å². The normalized spacial score (nSPS) is 10.5. The fourth-order valence-corrected chi connectivity index (χ4v) is 1.47. The lowest BCUT2D eigenvalue weighted by Crippen LogP contribution is -2.14. The van der Waals surface area contributed by atoms with E-state index in [9.17, 15) is 0 Å². The van der Waals surface area contributed by atoms with Crippen LogP contribution in [0.1, 0.15) is 5.56 Å². The lowest BCUT2D eigenvalue weighted by Gasteiger charge is -2.07. The van der Waals surface area contributed by atoms with Crippen molar-refractivity contribution < 1.29 is 0 Å². The molecule has 78 valence electrons. The predicted molar refractivity (Wildman–Crippen MR) is 59.2 cm³/mol. The molecule has 6 N–H and O–H groups in total. The Labute approximate surface area is 86.7 Å². The lowest BCUT2D eigenvalue weighted by molar-refractivity contribution is 1.02. The Bertz CT molecular complexity index is 481. The third kappa shape index (κ3) is 1.35. The zero-order valence-electron chi connectivity index (χ0n) is 8.31.